The zero-order valence-corrected chi connectivity index (χ0v) is 14.3. The van der Waals surface area contributed by atoms with Crippen molar-refractivity contribution in [3.63, 3.8) is 0 Å². The summed E-state index contributed by atoms with van der Waals surface area (Å²) in [5, 5.41) is 10.9. The zero-order chi connectivity index (χ0) is 16.0. The molecule has 120 valence electrons. The highest BCUT2D eigenvalue weighted by molar-refractivity contribution is 7.21. The van der Waals surface area contributed by atoms with Gasteiger partial charge in [-0.1, -0.05) is 29.3 Å². The van der Waals surface area contributed by atoms with Crippen LogP contribution in [0.4, 0.5) is 4.39 Å². The van der Waals surface area contributed by atoms with Crippen molar-refractivity contribution in [2.24, 2.45) is 0 Å². The normalized spacial score (nSPS) is 10.6. The third-order valence-corrected chi connectivity index (χ3v) is 5.15. The summed E-state index contributed by atoms with van der Waals surface area (Å²) in [6, 6.07) is 7.82. The number of hydrogen-bond donors (Lipinski definition) is 2. The van der Waals surface area contributed by atoms with Gasteiger partial charge in [0.25, 0.3) is 0 Å². The van der Waals surface area contributed by atoms with Gasteiger partial charge in [0.1, 0.15) is 10.7 Å². The molecule has 1 aromatic heterocycles. The van der Waals surface area contributed by atoms with Crippen molar-refractivity contribution in [2.75, 3.05) is 0 Å². The molecular weight excluding hydrogens is 360 g/mol. The molecule has 3 rings (SSSR count). The Labute approximate surface area is 145 Å². The summed E-state index contributed by atoms with van der Waals surface area (Å²) in [5.41, 5.74) is 1.28. The molecular formula is C16H12Cl2FNO2S. The van der Waals surface area contributed by atoms with E-state index in [1.807, 2.05) is 0 Å². The SMILES string of the molecule is Cc1cc(-c2c(C(=O)O)sc3cc(Cl)ccc23)c(F)cc1Cl.N. The molecule has 4 N–H and O–H groups in total. The molecule has 3 nitrogen and oxygen atoms in total. The average Bonchev–Trinajstić information content (AvgIpc) is 2.81. The first kappa shape index (κ1) is 17.7. The third kappa shape index (κ3) is 3.05. The number of hydrogen-bond acceptors (Lipinski definition) is 3. The Kier molecular flexibility index (Phi) is 4.96. The largest absolute Gasteiger partial charge is 0.477 e. The molecule has 1 heterocycles. The zero-order valence-electron chi connectivity index (χ0n) is 12.0. The molecule has 7 heteroatoms. The standard InChI is InChI=1S/C16H9Cl2FO2S.H3N/c1-7-4-10(12(19)6-11(7)18)14-9-3-2-8(17)5-13(9)22-15(14)16(20)21;/h2-6H,1H3,(H,20,21);1H3. The van der Waals surface area contributed by atoms with Gasteiger partial charge in [-0.2, -0.15) is 0 Å². The highest BCUT2D eigenvalue weighted by Crippen LogP contribution is 2.41. The van der Waals surface area contributed by atoms with Gasteiger partial charge in [0.05, 0.1) is 0 Å². The van der Waals surface area contributed by atoms with Gasteiger partial charge in [0.15, 0.2) is 0 Å². The van der Waals surface area contributed by atoms with Crippen molar-refractivity contribution in [3.8, 4) is 11.1 Å². The first-order valence-corrected chi connectivity index (χ1v) is 7.87. The highest BCUT2D eigenvalue weighted by atomic mass is 35.5. The quantitative estimate of drug-likeness (QED) is 0.564. The van der Waals surface area contributed by atoms with Crippen molar-refractivity contribution in [2.45, 2.75) is 6.92 Å². The van der Waals surface area contributed by atoms with Crippen LogP contribution in [0.1, 0.15) is 15.2 Å². The fourth-order valence-electron chi connectivity index (χ4n) is 2.34. The Morgan fingerprint density at radius 1 is 1.22 bits per heavy atom. The van der Waals surface area contributed by atoms with Crippen molar-refractivity contribution in [3.05, 3.63) is 56.6 Å². The lowest BCUT2D eigenvalue weighted by atomic mass is 9.99. The van der Waals surface area contributed by atoms with E-state index < -0.39 is 11.8 Å². The van der Waals surface area contributed by atoms with Gasteiger partial charge in [-0.25, -0.2) is 9.18 Å². The van der Waals surface area contributed by atoms with Gasteiger partial charge >= 0.3 is 5.97 Å². The topological polar surface area (TPSA) is 72.3 Å². The van der Waals surface area contributed by atoms with Gasteiger partial charge in [0, 0.05) is 31.3 Å². The minimum Gasteiger partial charge on any atom is -0.477 e. The molecule has 0 bridgehead atoms. The van der Waals surface area contributed by atoms with E-state index in [1.54, 1.807) is 31.2 Å². The molecule has 0 radical (unpaired) electrons. The summed E-state index contributed by atoms with van der Waals surface area (Å²) in [4.78, 5) is 11.6. The molecule has 0 fully saturated rings. The van der Waals surface area contributed by atoms with E-state index in [0.717, 1.165) is 11.3 Å². The number of thiophene rings is 1. The molecule has 0 saturated carbocycles. The van der Waals surface area contributed by atoms with Gasteiger partial charge < -0.3 is 11.3 Å². The molecule has 0 aliphatic carbocycles. The minimum absolute atomic E-state index is 0. The predicted octanol–water partition coefficient (Wildman–Crippen LogP) is 6.18. The number of carbonyl (C=O) groups is 1. The minimum atomic E-state index is -1.10. The number of carboxylic acids is 1. The number of aryl methyl sites for hydroxylation is 1. The summed E-state index contributed by atoms with van der Waals surface area (Å²) in [7, 11) is 0. The second kappa shape index (κ2) is 6.45. The van der Waals surface area contributed by atoms with Gasteiger partial charge in [-0.3, -0.25) is 0 Å². The highest BCUT2D eigenvalue weighted by Gasteiger charge is 2.22. The number of aromatic carboxylic acids is 1. The van der Waals surface area contributed by atoms with Crippen LogP contribution in [0.3, 0.4) is 0 Å². The van der Waals surface area contributed by atoms with Crippen LogP contribution in [0.15, 0.2) is 30.3 Å². The van der Waals surface area contributed by atoms with Crippen LogP contribution < -0.4 is 6.15 Å². The van der Waals surface area contributed by atoms with E-state index in [0.29, 0.717) is 31.3 Å². The predicted molar refractivity (Wildman–Crippen MR) is 94.0 cm³/mol. The maximum Gasteiger partial charge on any atom is 0.346 e. The molecule has 0 amide bonds. The molecule has 2 aromatic carbocycles. The second-order valence-electron chi connectivity index (χ2n) is 4.83. The van der Waals surface area contributed by atoms with Crippen LogP contribution in [-0.4, -0.2) is 11.1 Å². The lowest BCUT2D eigenvalue weighted by molar-refractivity contribution is 0.0703. The average molecular weight is 372 g/mol. The summed E-state index contributed by atoms with van der Waals surface area (Å²) < 4.78 is 15.0. The van der Waals surface area contributed by atoms with E-state index in [2.05, 4.69) is 0 Å². The monoisotopic (exact) mass is 371 g/mol. The molecule has 0 spiro atoms. The van der Waals surface area contributed by atoms with Crippen LogP contribution in [0, 0.1) is 12.7 Å². The first-order valence-electron chi connectivity index (χ1n) is 6.30. The number of carboxylic acid groups (broad SMARTS) is 1. The van der Waals surface area contributed by atoms with Crippen LogP contribution in [0.2, 0.25) is 10.0 Å². The molecule has 0 atom stereocenters. The fraction of sp³-hybridized carbons (Fsp3) is 0.0625. The van der Waals surface area contributed by atoms with Crippen molar-refractivity contribution >= 4 is 50.6 Å². The first-order chi connectivity index (χ1) is 10.4. The van der Waals surface area contributed by atoms with Crippen molar-refractivity contribution < 1.29 is 14.3 Å². The summed E-state index contributed by atoms with van der Waals surface area (Å²) in [6.07, 6.45) is 0. The lowest BCUT2D eigenvalue weighted by Crippen LogP contribution is -1.96. The molecule has 23 heavy (non-hydrogen) atoms. The van der Waals surface area contributed by atoms with Crippen LogP contribution in [-0.2, 0) is 0 Å². The summed E-state index contributed by atoms with van der Waals surface area (Å²) >= 11 is 12.9. The van der Waals surface area contributed by atoms with E-state index in [-0.39, 0.29) is 16.6 Å². The molecule has 0 aliphatic rings. The van der Waals surface area contributed by atoms with Gasteiger partial charge in [0.2, 0.25) is 0 Å². The lowest BCUT2D eigenvalue weighted by Gasteiger charge is -2.07. The van der Waals surface area contributed by atoms with Gasteiger partial charge in [-0.05, 0) is 36.8 Å². The van der Waals surface area contributed by atoms with Crippen LogP contribution >= 0.6 is 34.5 Å². The van der Waals surface area contributed by atoms with E-state index in [1.165, 1.54) is 6.07 Å². The van der Waals surface area contributed by atoms with E-state index in [4.69, 9.17) is 23.2 Å². The van der Waals surface area contributed by atoms with Crippen LogP contribution in [0.5, 0.6) is 0 Å². The fourth-order valence-corrected chi connectivity index (χ4v) is 3.82. The third-order valence-electron chi connectivity index (χ3n) is 3.36. The molecule has 0 aliphatic heterocycles. The smallest absolute Gasteiger partial charge is 0.346 e. The van der Waals surface area contributed by atoms with E-state index in [9.17, 15) is 14.3 Å². The molecule has 3 aromatic rings. The number of fused-ring (bicyclic) bond motifs is 1. The Hall–Kier alpha value is -1.66. The van der Waals surface area contributed by atoms with Crippen molar-refractivity contribution in [1.82, 2.24) is 6.15 Å². The van der Waals surface area contributed by atoms with Crippen molar-refractivity contribution in [1.29, 1.82) is 0 Å². The molecule has 0 unspecified atom stereocenters. The Morgan fingerprint density at radius 3 is 2.57 bits per heavy atom. The maximum absolute atomic E-state index is 14.3. The Morgan fingerprint density at radius 2 is 1.91 bits per heavy atom. The summed E-state index contributed by atoms with van der Waals surface area (Å²) in [5.74, 6) is -1.65. The second-order valence-corrected chi connectivity index (χ2v) is 6.73. The molecule has 0 saturated heterocycles. The number of benzene rings is 2. The Bertz CT molecular complexity index is 924. The van der Waals surface area contributed by atoms with Crippen LogP contribution in [0.25, 0.3) is 21.2 Å². The maximum atomic E-state index is 14.3. The Balaban J connectivity index is 0.00000192. The number of rotatable bonds is 2. The van der Waals surface area contributed by atoms with Gasteiger partial charge in [-0.15, -0.1) is 11.3 Å². The summed E-state index contributed by atoms with van der Waals surface area (Å²) in [6.45, 7) is 1.75. The number of halogens is 3. The van der Waals surface area contributed by atoms with E-state index >= 15 is 0 Å².